The molecule has 3 unspecified atom stereocenters. The Morgan fingerprint density at radius 1 is 1.47 bits per heavy atom. The number of ether oxygens (including phenoxy) is 2. The third kappa shape index (κ3) is 4.09. The van der Waals surface area contributed by atoms with Gasteiger partial charge in [-0.2, -0.15) is 0 Å². The lowest BCUT2D eigenvalue weighted by molar-refractivity contribution is 0.0174. The topological polar surface area (TPSA) is 30.5 Å². The zero-order chi connectivity index (χ0) is 11.1. The van der Waals surface area contributed by atoms with Gasteiger partial charge in [-0.05, 0) is 25.3 Å². The van der Waals surface area contributed by atoms with Gasteiger partial charge in [-0.15, -0.1) is 0 Å². The van der Waals surface area contributed by atoms with Crippen molar-refractivity contribution < 1.29 is 9.47 Å². The quantitative estimate of drug-likeness (QED) is 0.657. The summed E-state index contributed by atoms with van der Waals surface area (Å²) in [5.74, 6) is 0.652. The number of nitrogens with one attached hydrogen (secondary N) is 1. The van der Waals surface area contributed by atoms with Gasteiger partial charge in [0.15, 0.2) is 0 Å². The van der Waals surface area contributed by atoms with Crippen LogP contribution < -0.4 is 5.32 Å². The maximum Gasteiger partial charge on any atom is 0.0776 e. The van der Waals surface area contributed by atoms with E-state index >= 15 is 0 Å². The molecule has 1 rings (SSSR count). The Kier molecular flexibility index (Phi) is 6.22. The average molecular weight is 215 g/mol. The summed E-state index contributed by atoms with van der Waals surface area (Å²) in [6.45, 7) is 10.0. The Hall–Kier alpha value is -0.120. The lowest BCUT2D eigenvalue weighted by Crippen LogP contribution is -2.45. The lowest BCUT2D eigenvalue weighted by atomic mass is 9.98. The van der Waals surface area contributed by atoms with Gasteiger partial charge in [0.05, 0.1) is 18.8 Å². The molecule has 1 aliphatic heterocycles. The minimum absolute atomic E-state index is 0.335. The summed E-state index contributed by atoms with van der Waals surface area (Å²) < 4.78 is 11.4. The standard InChI is InChI=1S/C12H25NO2/c1-4-7-14-9-11(13-5-2)12-10(3)6-8-15-12/h10-13H,4-9H2,1-3H3. The minimum atomic E-state index is 0.335. The van der Waals surface area contributed by atoms with Crippen molar-refractivity contribution in [3.63, 3.8) is 0 Å². The van der Waals surface area contributed by atoms with E-state index < -0.39 is 0 Å². The average Bonchev–Trinajstić information content (AvgIpc) is 2.64. The smallest absolute Gasteiger partial charge is 0.0776 e. The molecule has 0 radical (unpaired) electrons. The van der Waals surface area contributed by atoms with E-state index in [1.165, 1.54) is 6.42 Å². The van der Waals surface area contributed by atoms with Crippen molar-refractivity contribution in [3.05, 3.63) is 0 Å². The second-order valence-corrected chi connectivity index (χ2v) is 4.34. The molecule has 1 heterocycles. The third-order valence-electron chi connectivity index (χ3n) is 2.95. The van der Waals surface area contributed by atoms with Crippen LogP contribution in [0.1, 0.15) is 33.6 Å². The molecule has 1 N–H and O–H groups in total. The molecule has 0 saturated carbocycles. The molecule has 1 fully saturated rings. The number of hydrogen-bond acceptors (Lipinski definition) is 3. The van der Waals surface area contributed by atoms with E-state index in [0.717, 1.165) is 32.8 Å². The molecule has 0 amide bonds. The number of hydrogen-bond donors (Lipinski definition) is 1. The molecule has 0 aromatic heterocycles. The van der Waals surface area contributed by atoms with Crippen LogP contribution in [-0.4, -0.2) is 38.5 Å². The van der Waals surface area contributed by atoms with Crippen LogP contribution in [0, 0.1) is 5.92 Å². The van der Waals surface area contributed by atoms with Gasteiger partial charge in [-0.1, -0.05) is 20.8 Å². The van der Waals surface area contributed by atoms with Gasteiger partial charge in [0.1, 0.15) is 0 Å². The zero-order valence-electron chi connectivity index (χ0n) is 10.3. The normalized spacial score (nSPS) is 28.2. The first-order chi connectivity index (χ1) is 7.29. The highest BCUT2D eigenvalue weighted by Crippen LogP contribution is 2.23. The predicted molar refractivity (Wildman–Crippen MR) is 62.1 cm³/mol. The van der Waals surface area contributed by atoms with Crippen LogP contribution in [0.15, 0.2) is 0 Å². The highest BCUT2D eigenvalue weighted by Gasteiger charge is 2.31. The highest BCUT2D eigenvalue weighted by atomic mass is 16.5. The van der Waals surface area contributed by atoms with Gasteiger partial charge in [0.25, 0.3) is 0 Å². The van der Waals surface area contributed by atoms with Crippen LogP contribution in [-0.2, 0) is 9.47 Å². The lowest BCUT2D eigenvalue weighted by Gasteiger charge is -2.26. The molecule has 0 aromatic carbocycles. The van der Waals surface area contributed by atoms with E-state index in [0.29, 0.717) is 18.1 Å². The SMILES string of the molecule is CCCOCC(NCC)C1OCCC1C. The van der Waals surface area contributed by atoms with Crippen LogP contribution >= 0.6 is 0 Å². The van der Waals surface area contributed by atoms with Crippen molar-refractivity contribution in [3.8, 4) is 0 Å². The summed E-state index contributed by atoms with van der Waals surface area (Å²) in [6.07, 6.45) is 2.60. The number of rotatable bonds is 7. The Morgan fingerprint density at radius 3 is 2.80 bits per heavy atom. The van der Waals surface area contributed by atoms with Crippen molar-refractivity contribution in [1.29, 1.82) is 0 Å². The van der Waals surface area contributed by atoms with Crippen molar-refractivity contribution in [2.75, 3.05) is 26.4 Å². The largest absolute Gasteiger partial charge is 0.380 e. The van der Waals surface area contributed by atoms with E-state index in [1.807, 2.05) is 0 Å². The molecule has 90 valence electrons. The minimum Gasteiger partial charge on any atom is -0.380 e. The first kappa shape index (κ1) is 12.9. The van der Waals surface area contributed by atoms with Crippen LogP contribution in [0.5, 0.6) is 0 Å². The fraction of sp³-hybridized carbons (Fsp3) is 1.00. The molecule has 1 saturated heterocycles. The van der Waals surface area contributed by atoms with Gasteiger partial charge in [0.2, 0.25) is 0 Å². The van der Waals surface area contributed by atoms with Gasteiger partial charge in [-0.25, -0.2) is 0 Å². The number of likely N-dealkylation sites (N-methyl/N-ethyl adjacent to an activating group) is 1. The van der Waals surface area contributed by atoms with Crippen molar-refractivity contribution in [2.24, 2.45) is 5.92 Å². The fourth-order valence-corrected chi connectivity index (χ4v) is 2.12. The monoisotopic (exact) mass is 215 g/mol. The molecule has 3 heteroatoms. The summed E-state index contributed by atoms with van der Waals surface area (Å²) in [7, 11) is 0. The predicted octanol–water partition coefficient (Wildman–Crippen LogP) is 1.82. The summed E-state index contributed by atoms with van der Waals surface area (Å²) in [5, 5.41) is 3.46. The van der Waals surface area contributed by atoms with E-state index in [-0.39, 0.29) is 0 Å². The molecule has 3 atom stereocenters. The second kappa shape index (κ2) is 7.20. The fourth-order valence-electron chi connectivity index (χ4n) is 2.12. The van der Waals surface area contributed by atoms with E-state index in [4.69, 9.17) is 9.47 Å². The van der Waals surface area contributed by atoms with Gasteiger partial charge >= 0.3 is 0 Å². The first-order valence-electron chi connectivity index (χ1n) is 6.22. The van der Waals surface area contributed by atoms with E-state index in [9.17, 15) is 0 Å². The molecule has 0 aliphatic carbocycles. The van der Waals surface area contributed by atoms with E-state index in [2.05, 4.69) is 26.1 Å². The molecule has 15 heavy (non-hydrogen) atoms. The zero-order valence-corrected chi connectivity index (χ0v) is 10.3. The first-order valence-corrected chi connectivity index (χ1v) is 6.22. The van der Waals surface area contributed by atoms with Crippen LogP contribution in [0.4, 0.5) is 0 Å². The van der Waals surface area contributed by atoms with Crippen LogP contribution in [0.2, 0.25) is 0 Å². The van der Waals surface area contributed by atoms with Gasteiger partial charge < -0.3 is 14.8 Å². The molecule has 0 spiro atoms. The van der Waals surface area contributed by atoms with Crippen molar-refractivity contribution >= 4 is 0 Å². The summed E-state index contributed by atoms with van der Waals surface area (Å²) in [5.41, 5.74) is 0. The molecular formula is C12H25NO2. The third-order valence-corrected chi connectivity index (χ3v) is 2.95. The van der Waals surface area contributed by atoms with Crippen LogP contribution in [0.3, 0.4) is 0 Å². The maximum absolute atomic E-state index is 5.77. The van der Waals surface area contributed by atoms with Crippen LogP contribution in [0.25, 0.3) is 0 Å². The summed E-state index contributed by atoms with van der Waals surface area (Å²) >= 11 is 0. The maximum atomic E-state index is 5.77. The van der Waals surface area contributed by atoms with Gasteiger partial charge in [-0.3, -0.25) is 0 Å². The van der Waals surface area contributed by atoms with Crippen molar-refractivity contribution in [1.82, 2.24) is 5.32 Å². The van der Waals surface area contributed by atoms with Crippen molar-refractivity contribution in [2.45, 2.75) is 45.8 Å². The molecule has 0 bridgehead atoms. The Morgan fingerprint density at radius 2 is 2.27 bits per heavy atom. The van der Waals surface area contributed by atoms with Gasteiger partial charge in [0, 0.05) is 13.2 Å². The summed E-state index contributed by atoms with van der Waals surface area (Å²) in [4.78, 5) is 0. The second-order valence-electron chi connectivity index (χ2n) is 4.34. The molecular weight excluding hydrogens is 190 g/mol. The van der Waals surface area contributed by atoms with E-state index in [1.54, 1.807) is 0 Å². The molecule has 3 nitrogen and oxygen atoms in total. The Bertz CT molecular complexity index is 164. The Balaban J connectivity index is 2.34. The summed E-state index contributed by atoms with van der Waals surface area (Å²) in [6, 6.07) is 0.360. The molecule has 0 aromatic rings. The Labute approximate surface area is 93.5 Å². The highest BCUT2D eigenvalue weighted by molar-refractivity contribution is 4.84. The molecule has 1 aliphatic rings.